The Morgan fingerprint density at radius 2 is 2.12 bits per heavy atom. The highest BCUT2D eigenvalue weighted by Crippen LogP contribution is 2.24. The summed E-state index contributed by atoms with van der Waals surface area (Å²) in [6, 6.07) is 6.32. The van der Waals surface area contributed by atoms with Crippen LogP contribution in [0.15, 0.2) is 36.7 Å². The first kappa shape index (κ1) is 16.3. The van der Waals surface area contributed by atoms with Gasteiger partial charge in [-0.3, -0.25) is 9.89 Å². The molecule has 1 N–H and O–H groups in total. The van der Waals surface area contributed by atoms with Gasteiger partial charge in [-0.1, -0.05) is 12.1 Å². The molecule has 0 aliphatic heterocycles. The van der Waals surface area contributed by atoms with Crippen LogP contribution in [0.1, 0.15) is 20.2 Å². The average Bonchev–Trinajstić information content (AvgIpc) is 3.21. The van der Waals surface area contributed by atoms with Crippen LogP contribution in [-0.4, -0.2) is 39.6 Å². The van der Waals surface area contributed by atoms with Crippen molar-refractivity contribution >= 4 is 17.2 Å². The number of nitrogens with zero attached hydrogens (tertiary/aromatic N) is 3. The van der Waals surface area contributed by atoms with E-state index in [1.807, 2.05) is 13.1 Å². The van der Waals surface area contributed by atoms with E-state index in [9.17, 15) is 9.18 Å². The van der Waals surface area contributed by atoms with Gasteiger partial charge in [0.2, 0.25) is 0 Å². The number of aromatic amines is 1. The molecule has 3 aromatic rings. The molecule has 0 aliphatic carbocycles. The standard InChI is InChI=1S/C17H17FN4OS/c1-11-9-19-15(24-11)7-8-22(2)17(23)13-10-20-21-16(13)12-5-3-4-6-14(12)18/h3-6,9-10H,7-8H2,1-2H3,(H,20,21). The fraction of sp³-hybridized carbons (Fsp3) is 0.235. The van der Waals surface area contributed by atoms with E-state index >= 15 is 0 Å². The summed E-state index contributed by atoms with van der Waals surface area (Å²) in [5.74, 6) is -0.591. The van der Waals surface area contributed by atoms with Gasteiger partial charge < -0.3 is 4.90 Å². The number of carbonyl (C=O) groups is 1. The van der Waals surface area contributed by atoms with Crippen molar-refractivity contribution < 1.29 is 9.18 Å². The number of aromatic nitrogens is 3. The number of aryl methyl sites for hydroxylation is 1. The van der Waals surface area contributed by atoms with E-state index in [1.165, 1.54) is 12.3 Å². The molecule has 0 saturated carbocycles. The van der Waals surface area contributed by atoms with Crippen molar-refractivity contribution in [3.63, 3.8) is 0 Å². The van der Waals surface area contributed by atoms with Gasteiger partial charge in [0.25, 0.3) is 5.91 Å². The monoisotopic (exact) mass is 344 g/mol. The smallest absolute Gasteiger partial charge is 0.257 e. The molecule has 7 heteroatoms. The molecule has 0 aliphatic rings. The molecule has 2 heterocycles. The minimum absolute atomic E-state index is 0.199. The van der Waals surface area contributed by atoms with Crippen LogP contribution in [0.25, 0.3) is 11.3 Å². The predicted molar refractivity (Wildman–Crippen MR) is 91.5 cm³/mol. The Morgan fingerprint density at radius 1 is 1.33 bits per heavy atom. The number of amides is 1. The third-order valence-corrected chi connectivity index (χ3v) is 4.66. The van der Waals surface area contributed by atoms with Gasteiger partial charge in [-0.05, 0) is 19.1 Å². The van der Waals surface area contributed by atoms with E-state index in [0.717, 1.165) is 9.88 Å². The summed E-state index contributed by atoms with van der Waals surface area (Å²) in [5, 5.41) is 7.64. The SMILES string of the molecule is Cc1cnc(CCN(C)C(=O)c2cn[nH]c2-c2ccccc2F)s1. The lowest BCUT2D eigenvalue weighted by atomic mass is 10.1. The Morgan fingerprint density at radius 3 is 2.83 bits per heavy atom. The highest BCUT2D eigenvalue weighted by molar-refractivity contribution is 7.11. The maximum atomic E-state index is 14.0. The molecule has 5 nitrogen and oxygen atoms in total. The number of nitrogens with one attached hydrogen (secondary N) is 1. The van der Waals surface area contributed by atoms with Crippen molar-refractivity contribution in [3.05, 3.63) is 57.9 Å². The molecule has 3 rings (SSSR count). The molecule has 124 valence electrons. The second kappa shape index (κ2) is 6.92. The molecular formula is C17H17FN4OS. The van der Waals surface area contributed by atoms with Gasteiger partial charge in [-0.25, -0.2) is 9.37 Å². The van der Waals surface area contributed by atoms with E-state index in [1.54, 1.807) is 41.5 Å². The third-order valence-electron chi connectivity index (χ3n) is 3.69. The molecule has 2 aromatic heterocycles. The molecule has 0 unspecified atom stereocenters. The number of benzene rings is 1. The van der Waals surface area contributed by atoms with Crippen LogP contribution in [0.5, 0.6) is 0 Å². The minimum Gasteiger partial charge on any atom is -0.341 e. The fourth-order valence-electron chi connectivity index (χ4n) is 2.41. The van der Waals surface area contributed by atoms with Gasteiger partial charge in [0.15, 0.2) is 0 Å². The Bertz CT molecular complexity index is 858. The quantitative estimate of drug-likeness (QED) is 0.772. The topological polar surface area (TPSA) is 61.9 Å². The zero-order valence-electron chi connectivity index (χ0n) is 13.4. The first-order valence-corrected chi connectivity index (χ1v) is 8.33. The second-order valence-corrected chi connectivity index (χ2v) is 6.80. The van der Waals surface area contributed by atoms with Crippen LogP contribution < -0.4 is 0 Å². The summed E-state index contributed by atoms with van der Waals surface area (Å²) < 4.78 is 14.0. The number of likely N-dealkylation sites (N-methyl/N-ethyl adjacent to an activating group) is 1. The average molecular weight is 344 g/mol. The molecule has 1 aromatic carbocycles. The van der Waals surface area contributed by atoms with Gasteiger partial charge >= 0.3 is 0 Å². The summed E-state index contributed by atoms with van der Waals surface area (Å²) in [6.07, 6.45) is 3.95. The van der Waals surface area contributed by atoms with Crippen molar-refractivity contribution in [2.24, 2.45) is 0 Å². The van der Waals surface area contributed by atoms with Gasteiger partial charge in [0.05, 0.1) is 22.5 Å². The van der Waals surface area contributed by atoms with Crippen LogP contribution in [0.3, 0.4) is 0 Å². The van der Waals surface area contributed by atoms with Gasteiger partial charge in [0.1, 0.15) is 5.82 Å². The maximum absolute atomic E-state index is 14.0. The molecule has 0 atom stereocenters. The number of thiazole rings is 1. The number of halogens is 1. The first-order valence-electron chi connectivity index (χ1n) is 7.51. The number of hydrogen-bond donors (Lipinski definition) is 1. The summed E-state index contributed by atoms with van der Waals surface area (Å²) >= 11 is 1.62. The number of carbonyl (C=O) groups excluding carboxylic acids is 1. The van der Waals surface area contributed by atoms with Crippen molar-refractivity contribution in [1.29, 1.82) is 0 Å². The fourth-order valence-corrected chi connectivity index (χ4v) is 3.18. The van der Waals surface area contributed by atoms with Crippen molar-refractivity contribution in [2.45, 2.75) is 13.3 Å². The summed E-state index contributed by atoms with van der Waals surface area (Å²) in [4.78, 5) is 19.7. The van der Waals surface area contributed by atoms with E-state index < -0.39 is 5.82 Å². The largest absolute Gasteiger partial charge is 0.341 e. The molecule has 0 saturated heterocycles. The van der Waals surface area contributed by atoms with E-state index in [2.05, 4.69) is 15.2 Å². The minimum atomic E-state index is -0.392. The molecule has 0 fully saturated rings. The van der Waals surface area contributed by atoms with Gasteiger partial charge in [-0.2, -0.15) is 5.10 Å². The number of H-pyrrole nitrogens is 1. The Hall–Kier alpha value is -2.54. The lowest BCUT2D eigenvalue weighted by molar-refractivity contribution is 0.0797. The molecule has 0 bridgehead atoms. The molecule has 24 heavy (non-hydrogen) atoms. The highest BCUT2D eigenvalue weighted by Gasteiger charge is 2.20. The van der Waals surface area contributed by atoms with E-state index in [4.69, 9.17) is 0 Å². The van der Waals surface area contributed by atoms with Crippen molar-refractivity contribution in [2.75, 3.05) is 13.6 Å². The molecular weight excluding hydrogens is 327 g/mol. The van der Waals surface area contributed by atoms with E-state index in [0.29, 0.717) is 29.8 Å². The number of rotatable bonds is 5. The van der Waals surface area contributed by atoms with Crippen LogP contribution >= 0.6 is 11.3 Å². The maximum Gasteiger partial charge on any atom is 0.257 e. The molecule has 1 amide bonds. The highest BCUT2D eigenvalue weighted by atomic mass is 32.1. The summed E-state index contributed by atoms with van der Waals surface area (Å²) in [7, 11) is 1.72. The van der Waals surface area contributed by atoms with Gasteiger partial charge in [-0.15, -0.1) is 11.3 Å². The third kappa shape index (κ3) is 3.35. The zero-order chi connectivity index (χ0) is 17.1. The van der Waals surface area contributed by atoms with Crippen molar-refractivity contribution in [3.8, 4) is 11.3 Å². The van der Waals surface area contributed by atoms with Gasteiger partial charge in [0, 0.05) is 36.7 Å². The predicted octanol–water partition coefficient (Wildman–Crippen LogP) is 3.30. The van der Waals surface area contributed by atoms with Crippen LogP contribution in [0.2, 0.25) is 0 Å². The van der Waals surface area contributed by atoms with Crippen LogP contribution in [0.4, 0.5) is 4.39 Å². The summed E-state index contributed by atoms with van der Waals surface area (Å²) in [6.45, 7) is 2.54. The summed E-state index contributed by atoms with van der Waals surface area (Å²) in [5.41, 5.74) is 1.09. The Kier molecular flexibility index (Phi) is 4.71. The number of hydrogen-bond acceptors (Lipinski definition) is 4. The first-order chi connectivity index (χ1) is 11.6. The Balaban J connectivity index is 1.76. The van der Waals surface area contributed by atoms with Crippen molar-refractivity contribution in [1.82, 2.24) is 20.1 Å². The molecule has 0 radical (unpaired) electrons. The van der Waals surface area contributed by atoms with Crippen LogP contribution in [0, 0.1) is 12.7 Å². The zero-order valence-corrected chi connectivity index (χ0v) is 14.2. The second-order valence-electron chi connectivity index (χ2n) is 5.48. The Labute approximate surface area is 143 Å². The lowest BCUT2D eigenvalue weighted by Gasteiger charge is -2.16. The molecule has 0 spiro atoms. The normalized spacial score (nSPS) is 10.8. The van der Waals surface area contributed by atoms with E-state index in [-0.39, 0.29) is 5.91 Å². The van der Waals surface area contributed by atoms with Crippen LogP contribution in [-0.2, 0) is 6.42 Å². The lowest BCUT2D eigenvalue weighted by Crippen LogP contribution is -2.29.